The second-order valence-electron chi connectivity index (χ2n) is 4.23. The summed E-state index contributed by atoms with van der Waals surface area (Å²) in [4.78, 5) is 32.9. The summed E-state index contributed by atoms with van der Waals surface area (Å²) in [5.41, 5.74) is 0. The van der Waals surface area contributed by atoms with E-state index in [1.165, 1.54) is 35.0 Å². The van der Waals surface area contributed by atoms with Crippen LogP contribution in [0.25, 0.3) is 0 Å². The minimum atomic E-state index is -0.878. The third-order valence-electron chi connectivity index (χ3n) is 2.53. The fourth-order valence-corrected chi connectivity index (χ4v) is 1.65. The lowest BCUT2D eigenvalue weighted by Crippen LogP contribution is -2.47. The molecule has 0 spiro atoms. The predicted molar refractivity (Wildman–Crippen MR) is 70.4 cm³/mol. The van der Waals surface area contributed by atoms with Crippen LogP contribution in [0.3, 0.4) is 0 Å². The fraction of sp³-hybridized carbons (Fsp3) is 0.769. The molecular formula is C13H22O8. The van der Waals surface area contributed by atoms with Gasteiger partial charge >= 0.3 is 17.9 Å². The van der Waals surface area contributed by atoms with Gasteiger partial charge in [-0.25, -0.2) is 0 Å². The molecule has 8 heteroatoms. The van der Waals surface area contributed by atoms with Gasteiger partial charge in [-0.05, 0) is 0 Å². The monoisotopic (exact) mass is 306 g/mol. The quantitative estimate of drug-likeness (QED) is 0.436. The van der Waals surface area contributed by atoms with E-state index >= 15 is 0 Å². The molecule has 0 fully saturated rings. The first-order valence-corrected chi connectivity index (χ1v) is 6.31. The van der Waals surface area contributed by atoms with Crippen molar-refractivity contribution in [2.24, 2.45) is 0 Å². The minimum Gasteiger partial charge on any atom is -0.463 e. The summed E-state index contributed by atoms with van der Waals surface area (Å²) in [7, 11) is 2.78. The zero-order valence-corrected chi connectivity index (χ0v) is 12.9. The molecule has 8 nitrogen and oxygen atoms in total. The Morgan fingerprint density at radius 1 is 0.762 bits per heavy atom. The molecular weight excluding hydrogens is 284 g/mol. The van der Waals surface area contributed by atoms with Crippen LogP contribution in [0.15, 0.2) is 0 Å². The molecule has 0 aliphatic rings. The third-order valence-corrected chi connectivity index (χ3v) is 2.53. The first kappa shape index (κ1) is 19.3. The SMILES string of the molecule is COC(COC(C)=O)C(OC)C(COC(C)=O)OC(C)=O. The Morgan fingerprint density at radius 2 is 1.24 bits per heavy atom. The average Bonchev–Trinajstić information content (AvgIpc) is 2.39. The number of rotatable bonds is 9. The van der Waals surface area contributed by atoms with Gasteiger partial charge in [0.1, 0.15) is 25.4 Å². The van der Waals surface area contributed by atoms with E-state index in [1.54, 1.807) is 0 Å². The predicted octanol–water partition coefficient (Wildman–Crippen LogP) is 0.0743. The topological polar surface area (TPSA) is 97.4 Å². The largest absolute Gasteiger partial charge is 0.463 e. The van der Waals surface area contributed by atoms with Gasteiger partial charge < -0.3 is 23.7 Å². The number of methoxy groups -OCH3 is 2. The first-order chi connectivity index (χ1) is 9.81. The van der Waals surface area contributed by atoms with Gasteiger partial charge in [0.05, 0.1) is 0 Å². The molecule has 0 saturated heterocycles. The lowest BCUT2D eigenvalue weighted by molar-refractivity contribution is -0.179. The molecule has 0 rings (SSSR count). The Balaban J connectivity index is 4.91. The molecule has 21 heavy (non-hydrogen) atoms. The van der Waals surface area contributed by atoms with Gasteiger partial charge in [0, 0.05) is 35.0 Å². The zero-order valence-electron chi connectivity index (χ0n) is 12.9. The maximum atomic E-state index is 11.2. The van der Waals surface area contributed by atoms with E-state index in [0.717, 1.165) is 0 Å². The summed E-state index contributed by atoms with van der Waals surface area (Å²) in [5.74, 6) is -1.55. The number of esters is 3. The van der Waals surface area contributed by atoms with Crippen molar-refractivity contribution in [3.8, 4) is 0 Å². The minimum absolute atomic E-state index is 0.0812. The molecule has 122 valence electrons. The van der Waals surface area contributed by atoms with E-state index in [1.807, 2.05) is 0 Å². The molecule has 0 aromatic carbocycles. The number of carbonyl (C=O) groups excluding carboxylic acids is 3. The van der Waals surface area contributed by atoms with Crippen LogP contribution >= 0.6 is 0 Å². The smallest absolute Gasteiger partial charge is 0.303 e. The van der Waals surface area contributed by atoms with Gasteiger partial charge in [-0.1, -0.05) is 0 Å². The van der Waals surface area contributed by atoms with E-state index in [4.69, 9.17) is 23.7 Å². The van der Waals surface area contributed by atoms with Crippen molar-refractivity contribution in [1.29, 1.82) is 0 Å². The second-order valence-corrected chi connectivity index (χ2v) is 4.23. The van der Waals surface area contributed by atoms with Crippen LogP contribution in [0.5, 0.6) is 0 Å². The van der Waals surface area contributed by atoms with Crippen LogP contribution < -0.4 is 0 Å². The molecule has 0 bridgehead atoms. The molecule has 0 radical (unpaired) electrons. The Bertz CT molecular complexity index is 354. The summed E-state index contributed by atoms with van der Waals surface area (Å²) in [6.45, 7) is 3.45. The second kappa shape index (κ2) is 10.1. The summed E-state index contributed by atoms with van der Waals surface area (Å²) >= 11 is 0. The summed E-state index contributed by atoms with van der Waals surface area (Å²) in [5, 5.41) is 0. The molecule has 0 amide bonds. The Labute approximate surface area is 123 Å². The molecule has 3 atom stereocenters. The summed E-state index contributed by atoms with van der Waals surface area (Å²) in [6, 6.07) is 0. The van der Waals surface area contributed by atoms with E-state index < -0.39 is 36.2 Å². The highest BCUT2D eigenvalue weighted by Crippen LogP contribution is 2.13. The number of carbonyl (C=O) groups is 3. The highest BCUT2D eigenvalue weighted by atomic mass is 16.6. The molecule has 0 aromatic rings. The van der Waals surface area contributed by atoms with Crippen LogP contribution in [-0.4, -0.2) is 63.7 Å². The van der Waals surface area contributed by atoms with E-state index in [-0.39, 0.29) is 13.2 Å². The van der Waals surface area contributed by atoms with Crippen molar-refractivity contribution in [3.63, 3.8) is 0 Å². The molecule has 0 N–H and O–H groups in total. The van der Waals surface area contributed by atoms with Gasteiger partial charge in [0.25, 0.3) is 0 Å². The molecule has 3 unspecified atom stereocenters. The van der Waals surface area contributed by atoms with Crippen molar-refractivity contribution in [2.45, 2.75) is 39.1 Å². The van der Waals surface area contributed by atoms with Crippen LogP contribution in [0.2, 0.25) is 0 Å². The standard InChI is InChI=1S/C13H22O8/c1-8(14)19-6-11(17-4)13(18-5)12(21-10(3)16)7-20-9(2)15/h11-13H,6-7H2,1-5H3. The van der Waals surface area contributed by atoms with Gasteiger partial charge in [-0.15, -0.1) is 0 Å². The van der Waals surface area contributed by atoms with Gasteiger partial charge in [-0.3, -0.25) is 14.4 Å². The molecule has 0 saturated carbocycles. The maximum Gasteiger partial charge on any atom is 0.303 e. The molecule has 0 aliphatic heterocycles. The van der Waals surface area contributed by atoms with E-state index in [9.17, 15) is 14.4 Å². The van der Waals surface area contributed by atoms with Gasteiger partial charge in [0.2, 0.25) is 0 Å². The lowest BCUT2D eigenvalue weighted by Gasteiger charge is -2.30. The Kier molecular flexibility index (Phi) is 9.31. The van der Waals surface area contributed by atoms with Crippen molar-refractivity contribution in [1.82, 2.24) is 0 Å². The molecule has 0 aromatic heterocycles. The van der Waals surface area contributed by atoms with Crippen LogP contribution in [0.1, 0.15) is 20.8 Å². The van der Waals surface area contributed by atoms with Gasteiger partial charge in [0.15, 0.2) is 6.10 Å². The maximum absolute atomic E-state index is 11.2. The van der Waals surface area contributed by atoms with Crippen molar-refractivity contribution in [2.75, 3.05) is 27.4 Å². The fourth-order valence-electron chi connectivity index (χ4n) is 1.65. The summed E-state index contributed by atoms with van der Waals surface area (Å²) in [6.07, 6.45) is -2.33. The van der Waals surface area contributed by atoms with Crippen LogP contribution in [0.4, 0.5) is 0 Å². The number of ether oxygens (including phenoxy) is 5. The van der Waals surface area contributed by atoms with Crippen LogP contribution in [0, 0.1) is 0 Å². The van der Waals surface area contributed by atoms with Crippen molar-refractivity contribution < 1.29 is 38.1 Å². The number of hydrogen-bond acceptors (Lipinski definition) is 8. The van der Waals surface area contributed by atoms with Gasteiger partial charge in [-0.2, -0.15) is 0 Å². The van der Waals surface area contributed by atoms with Crippen molar-refractivity contribution in [3.05, 3.63) is 0 Å². The third kappa shape index (κ3) is 8.26. The Hall–Kier alpha value is -1.67. The van der Waals surface area contributed by atoms with E-state index in [2.05, 4.69) is 0 Å². The van der Waals surface area contributed by atoms with Crippen LogP contribution in [-0.2, 0) is 38.1 Å². The highest BCUT2D eigenvalue weighted by Gasteiger charge is 2.34. The molecule has 0 aliphatic carbocycles. The van der Waals surface area contributed by atoms with E-state index in [0.29, 0.717) is 0 Å². The lowest BCUT2D eigenvalue weighted by atomic mass is 10.1. The van der Waals surface area contributed by atoms with Crippen molar-refractivity contribution >= 4 is 17.9 Å². The first-order valence-electron chi connectivity index (χ1n) is 6.31. The highest BCUT2D eigenvalue weighted by molar-refractivity contribution is 5.67. The normalized spacial score (nSPS) is 14.7. The zero-order chi connectivity index (χ0) is 16.4. The number of hydrogen-bond donors (Lipinski definition) is 0. The molecule has 0 heterocycles. The Morgan fingerprint density at radius 3 is 1.57 bits per heavy atom. The summed E-state index contributed by atoms with van der Waals surface area (Å²) < 4.78 is 25.2. The average molecular weight is 306 g/mol.